The minimum atomic E-state index is -0.0197. The van der Waals surface area contributed by atoms with Crippen LogP contribution in [-0.4, -0.2) is 5.91 Å². The number of carbonyl (C=O) groups excluding carboxylic acids is 1. The highest BCUT2D eigenvalue weighted by Gasteiger charge is 2.32. The summed E-state index contributed by atoms with van der Waals surface area (Å²) in [6, 6.07) is 17.2. The Kier molecular flexibility index (Phi) is 5.61. The fraction of sp³-hybridized carbons (Fsp3) is 0.480. The van der Waals surface area contributed by atoms with Crippen molar-refractivity contribution in [2.45, 2.75) is 70.3 Å². The summed E-state index contributed by atoms with van der Waals surface area (Å²) in [5.74, 6) is 0.648. The molecule has 0 aliphatic heterocycles. The van der Waals surface area contributed by atoms with Crippen molar-refractivity contribution in [1.82, 2.24) is 5.32 Å². The van der Waals surface area contributed by atoms with Crippen LogP contribution in [0.1, 0.15) is 79.7 Å². The molecule has 2 aromatic carbocycles. The van der Waals surface area contributed by atoms with Crippen molar-refractivity contribution in [1.29, 1.82) is 0 Å². The van der Waals surface area contributed by atoms with Crippen LogP contribution in [0.3, 0.4) is 0 Å². The molecule has 0 bridgehead atoms. The average Bonchev–Trinajstić information content (AvgIpc) is 3.22. The van der Waals surface area contributed by atoms with Crippen LogP contribution in [0.4, 0.5) is 0 Å². The zero-order valence-corrected chi connectivity index (χ0v) is 16.4. The van der Waals surface area contributed by atoms with E-state index in [1.807, 2.05) is 6.07 Å². The number of nitrogens with one attached hydrogen (secondary N) is 1. The number of rotatable bonds is 5. The van der Waals surface area contributed by atoms with E-state index in [-0.39, 0.29) is 17.9 Å². The van der Waals surface area contributed by atoms with Gasteiger partial charge >= 0.3 is 0 Å². The van der Waals surface area contributed by atoms with Gasteiger partial charge in [0.1, 0.15) is 0 Å². The summed E-state index contributed by atoms with van der Waals surface area (Å²) >= 11 is 0. The van der Waals surface area contributed by atoms with E-state index in [0.29, 0.717) is 5.92 Å². The molecule has 142 valence electrons. The topological polar surface area (TPSA) is 29.1 Å². The Morgan fingerprint density at radius 1 is 0.889 bits per heavy atom. The maximum Gasteiger partial charge on any atom is 0.228 e. The number of carbonyl (C=O) groups is 1. The number of aryl methyl sites for hydroxylation is 2. The Bertz CT molecular complexity index is 776. The van der Waals surface area contributed by atoms with Gasteiger partial charge in [0, 0.05) is 0 Å². The van der Waals surface area contributed by atoms with E-state index in [2.05, 4.69) is 54.7 Å². The zero-order chi connectivity index (χ0) is 18.6. The van der Waals surface area contributed by atoms with Gasteiger partial charge in [0.15, 0.2) is 0 Å². The summed E-state index contributed by atoms with van der Waals surface area (Å²) in [4.78, 5) is 13.3. The summed E-state index contributed by atoms with van der Waals surface area (Å²) < 4.78 is 0. The standard InChI is InChI=1S/C25H31NO/c1-18(22-16-15-19-9-5-8-14-23(19)17-22)26-25(27)24(21-12-6-7-13-21)20-10-3-2-4-11-20/h2-4,10-11,15-18,21,24H,5-9,12-14H2,1H3,(H,26,27)/t18-,24-/m0/s1. The molecule has 0 heterocycles. The van der Waals surface area contributed by atoms with Crippen molar-refractivity contribution in [3.05, 3.63) is 70.8 Å². The molecule has 2 heteroatoms. The van der Waals surface area contributed by atoms with Crippen LogP contribution in [0.25, 0.3) is 0 Å². The van der Waals surface area contributed by atoms with E-state index in [1.54, 1.807) is 0 Å². The molecular formula is C25H31NO. The van der Waals surface area contributed by atoms with Gasteiger partial charge in [-0.2, -0.15) is 0 Å². The predicted octanol–water partition coefficient (Wildman–Crippen LogP) is 5.72. The van der Waals surface area contributed by atoms with Gasteiger partial charge in [0.2, 0.25) is 5.91 Å². The summed E-state index contributed by atoms with van der Waals surface area (Å²) in [7, 11) is 0. The van der Waals surface area contributed by atoms with Crippen LogP contribution in [-0.2, 0) is 17.6 Å². The van der Waals surface area contributed by atoms with Gasteiger partial charge in [-0.1, -0.05) is 61.4 Å². The highest BCUT2D eigenvalue weighted by Crippen LogP contribution is 2.38. The maximum absolute atomic E-state index is 13.3. The lowest BCUT2D eigenvalue weighted by Crippen LogP contribution is -2.34. The third-order valence-electron chi connectivity index (χ3n) is 6.54. The quantitative estimate of drug-likeness (QED) is 0.725. The van der Waals surface area contributed by atoms with E-state index < -0.39 is 0 Å². The molecule has 27 heavy (non-hydrogen) atoms. The molecule has 0 saturated heterocycles. The fourth-order valence-corrected chi connectivity index (χ4v) is 5.00. The molecule has 1 saturated carbocycles. The van der Waals surface area contributed by atoms with Gasteiger partial charge in [0.05, 0.1) is 12.0 Å². The molecule has 0 radical (unpaired) electrons. The average molecular weight is 362 g/mol. The number of hydrogen-bond acceptors (Lipinski definition) is 1. The third kappa shape index (κ3) is 4.10. The second kappa shape index (κ2) is 8.29. The molecule has 2 atom stereocenters. The molecule has 0 aromatic heterocycles. The lowest BCUT2D eigenvalue weighted by molar-refractivity contribution is -0.124. The van der Waals surface area contributed by atoms with Gasteiger partial charge in [0.25, 0.3) is 0 Å². The smallest absolute Gasteiger partial charge is 0.228 e. The Morgan fingerprint density at radius 2 is 1.59 bits per heavy atom. The van der Waals surface area contributed by atoms with Gasteiger partial charge in [-0.3, -0.25) is 4.79 Å². The number of hydrogen-bond donors (Lipinski definition) is 1. The van der Waals surface area contributed by atoms with Gasteiger partial charge in [-0.05, 0) is 73.6 Å². The first-order chi connectivity index (χ1) is 13.2. The van der Waals surface area contributed by atoms with Crippen LogP contribution < -0.4 is 5.32 Å². The van der Waals surface area contributed by atoms with Gasteiger partial charge in [-0.25, -0.2) is 0 Å². The maximum atomic E-state index is 13.3. The van der Waals surface area contributed by atoms with Crippen molar-refractivity contribution >= 4 is 5.91 Å². The fourth-order valence-electron chi connectivity index (χ4n) is 5.00. The minimum Gasteiger partial charge on any atom is -0.349 e. The Balaban J connectivity index is 1.52. The largest absolute Gasteiger partial charge is 0.349 e. The molecule has 2 aromatic rings. The summed E-state index contributed by atoms with van der Waals surface area (Å²) in [6.45, 7) is 2.12. The summed E-state index contributed by atoms with van der Waals surface area (Å²) in [5.41, 5.74) is 5.38. The summed E-state index contributed by atoms with van der Waals surface area (Å²) in [5, 5.41) is 3.34. The minimum absolute atomic E-state index is 0.0197. The van der Waals surface area contributed by atoms with E-state index in [9.17, 15) is 4.79 Å². The lowest BCUT2D eigenvalue weighted by Gasteiger charge is -2.26. The molecule has 4 rings (SSSR count). The molecular weight excluding hydrogens is 330 g/mol. The predicted molar refractivity (Wildman–Crippen MR) is 111 cm³/mol. The molecule has 1 fully saturated rings. The van der Waals surface area contributed by atoms with E-state index in [1.165, 1.54) is 73.6 Å². The Hall–Kier alpha value is -2.09. The third-order valence-corrected chi connectivity index (χ3v) is 6.54. The van der Waals surface area contributed by atoms with Crippen LogP contribution in [0.2, 0.25) is 0 Å². The summed E-state index contributed by atoms with van der Waals surface area (Å²) in [6.07, 6.45) is 9.81. The van der Waals surface area contributed by atoms with Crippen molar-refractivity contribution in [3.63, 3.8) is 0 Å². The lowest BCUT2D eigenvalue weighted by atomic mass is 9.83. The molecule has 0 unspecified atom stereocenters. The monoisotopic (exact) mass is 361 g/mol. The second-order valence-corrected chi connectivity index (χ2v) is 8.40. The van der Waals surface area contributed by atoms with Crippen LogP contribution in [0, 0.1) is 5.92 Å². The number of fused-ring (bicyclic) bond motifs is 1. The van der Waals surface area contributed by atoms with E-state index in [0.717, 1.165) is 0 Å². The van der Waals surface area contributed by atoms with Crippen LogP contribution >= 0.6 is 0 Å². The first kappa shape index (κ1) is 18.3. The number of amides is 1. The second-order valence-electron chi connectivity index (χ2n) is 8.40. The van der Waals surface area contributed by atoms with Crippen LogP contribution in [0.15, 0.2) is 48.5 Å². The molecule has 2 aliphatic carbocycles. The van der Waals surface area contributed by atoms with Gasteiger partial charge < -0.3 is 5.32 Å². The first-order valence-electron chi connectivity index (χ1n) is 10.7. The van der Waals surface area contributed by atoms with Crippen molar-refractivity contribution in [2.75, 3.05) is 0 Å². The van der Waals surface area contributed by atoms with Crippen molar-refractivity contribution in [3.8, 4) is 0 Å². The normalized spacial score (nSPS) is 19.3. The first-order valence-corrected chi connectivity index (χ1v) is 10.7. The van der Waals surface area contributed by atoms with Crippen molar-refractivity contribution in [2.24, 2.45) is 5.92 Å². The Morgan fingerprint density at radius 3 is 2.33 bits per heavy atom. The molecule has 1 amide bonds. The molecule has 2 nitrogen and oxygen atoms in total. The SMILES string of the molecule is C[C@H](NC(=O)[C@@H](c1ccccc1)C1CCCC1)c1ccc2c(c1)CCCC2. The Labute approximate surface area is 163 Å². The van der Waals surface area contributed by atoms with Crippen molar-refractivity contribution < 1.29 is 4.79 Å². The van der Waals surface area contributed by atoms with Crippen LogP contribution in [0.5, 0.6) is 0 Å². The van der Waals surface area contributed by atoms with E-state index in [4.69, 9.17) is 0 Å². The van der Waals surface area contributed by atoms with Gasteiger partial charge in [-0.15, -0.1) is 0 Å². The molecule has 2 aliphatic rings. The molecule has 0 spiro atoms. The zero-order valence-electron chi connectivity index (χ0n) is 16.4. The highest BCUT2D eigenvalue weighted by atomic mass is 16.2. The molecule has 1 N–H and O–H groups in total. The highest BCUT2D eigenvalue weighted by molar-refractivity contribution is 5.84. The van der Waals surface area contributed by atoms with E-state index >= 15 is 0 Å². The number of benzene rings is 2.